The van der Waals surface area contributed by atoms with E-state index in [1.54, 1.807) is 6.07 Å². The van der Waals surface area contributed by atoms with Crippen LogP contribution >= 0.6 is 0 Å². The van der Waals surface area contributed by atoms with Crippen LogP contribution in [0.4, 0.5) is 0 Å². The molecule has 0 spiro atoms. The first-order valence-electron chi connectivity index (χ1n) is 3.77. The van der Waals surface area contributed by atoms with Crippen LogP contribution in [0, 0.1) is 11.3 Å². The first-order valence-corrected chi connectivity index (χ1v) is 3.77. The van der Waals surface area contributed by atoms with Crippen LogP contribution in [-0.4, -0.2) is 25.4 Å². The molecule has 1 heterocycles. The average molecular weight is 210 g/mol. The van der Waals surface area contributed by atoms with Crippen molar-refractivity contribution in [3.05, 3.63) is 26.5 Å². The van der Waals surface area contributed by atoms with Gasteiger partial charge in [-0.15, -0.1) is 0 Å². The van der Waals surface area contributed by atoms with Crippen molar-refractivity contribution in [1.82, 2.24) is 14.3 Å². The van der Waals surface area contributed by atoms with E-state index >= 15 is 0 Å². The van der Waals surface area contributed by atoms with E-state index in [2.05, 4.69) is 5.10 Å². The Bertz CT molecular complexity index is 562. The molecule has 1 aromatic heterocycles. The number of hydrogen-bond acceptors (Lipinski definition) is 5. The number of carbonyl (C=O) groups is 1. The molecule has 0 aliphatic heterocycles. The Morgan fingerprint density at radius 1 is 1.60 bits per heavy atom. The molecule has 8 heteroatoms. The van der Waals surface area contributed by atoms with Gasteiger partial charge in [-0.25, -0.2) is 18.8 Å². The van der Waals surface area contributed by atoms with Crippen molar-refractivity contribution in [3.63, 3.8) is 0 Å². The van der Waals surface area contributed by atoms with Gasteiger partial charge in [-0.05, 0) is 0 Å². The highest BCUT2D eigenvalue weighted by Crippen LogP contribution is 1.81. The second kappa shape index (κ2) is 3.75. The topological polar surface area (TPSA) is 118 Å². The summed E-state index contributed by atoms with van der Waals surface area (Å²) in [5.74, 6) is -1.54. The molecule has 1 N–H and O–H groups in total. The number of nitrogens with zero attached hydrogens (tertiary/aromatic N) is 4. The van der Waals surface area contributed by atoms with E-state index in [-0.39, 0.29) is 0 Å². The number of hydrogen-bond donors (Lipinski definition) is 1. The summed E-state index contributed by atoms with van der Waals surface area (Å²) in [4.78, 5) is 33.2. The first-order chi connectivity index (χ1) is 6.99. The van der Waals surface area contributed by atoms with Crippen LogP contribution in [0.5, 0.6) is 0 Å². The van der Waals surface area contributed by atoms with Gasteiger partial charge in [0.2, 0.25) is 5.69 Å². The summed E-state index contributed by atoms with van der Waals surface area (Å²) in [7, 11) is 1.20. The van der Waals surface area contributed by atoms with Gasteiger partial charge in [0.05, 0.1) is 6.07 Å². The van der Waals surface area contributed by atoms with Crippen molar-refractivity contribution >= 4 is 5.97 Å². The van der Waals surface area contributed by atoms with Gasteiger partial charge in [0.25, 0.3) is 5.56 Å². The molecule has 0 aliphatic rings. The fourth-order valence-electron chi connectivity index (χ4n) is 0.969. The Labute approximate surface area is 82.6 Å². The normalized spacial score (nSPS) is 9.60. The van der Waals surface area contributed by atoms with Crippen molar-refractivity contribution in [3.8, 4) is 6.07 Å². The minimum Gasteiger partial charge on any atom is -0.476 e. The van der Waals surface area contributed by atoms with Crippen molar-refractivity contribution in [1.29, 1.82) is 5.26 Å². The first kappa shape index (κ1) is 10.6. The molecule has 0 saturated carbocycles. The monoisotopic (exact) mass is 210 g/mol. The zero-order valence-electron chi connectivity index (χ0n) is 7.67. The molecule has 0 fully saturated rings. The predicted octanol–water partition coefficient (Wildman–Crippen LogP) is -1.84. The second-order valence-corrected chi connectivity index (χ2v) is 2.61. The second-order valence-electron chi connectivity index (χ2n) is 2.61. The Balaban J connectivity index is 3.66. The molecule has 78 valence electrons. The number of aromatic carboxylic acids is 1. The largest absolute Gasteiger partial charge is 0.476 e. The lowest BCUT2D eigenvalue weighted by molar-refractivity contribution is 0.0684. The quantitative estimate of drug-likeness (QED) is 0.612. The van der Waals surface area contributed by atoms with Crippen LogP contribution in [0.25, 0.3) is 0 Å². The molecule has 0 aliphatic carbocycles. The minimum atomic E-state index is -1.54. The number of nitriles is 1. The Hall–Kier alpha value is -2.43. The average Bonchev–Trinajstić information content (AvgIpc) is 2.18. The van der Waals surface area contributed by atoms with Gasteiger partial charge in [-0.3, -0.25) is 4.79 Å². The van der Waals surface area contributed by atoms with E-state index in [1.807, 2.05) is 0 Å². The molecule has 0 atom stereocenters. The van der Waals surface area contributed by atoms with Crippen molar-refractivity contribution in [2.45, 2.75) is 6.54 Å². The van der Waals surface area contributed by atoms with Crippen LogP contribution in [-0.2, 0) is 13.6 Å². The van der Waals surface area contributed by atoms with E-state index in [9.17, 15) is 14.4 Å². The smallest absolute Gasteiger partial charge is 0.362 e. The fourth-order valence-corrected chi connectivity index (χ4v) is 0.969. The van der Waals surface area contributed by atoms with Crippen LogP contribution < -0.4 is 11.2 Å². The van der Waals surface area contributed by atoms with Gasteiger partial charge >= 0.3 is 11.7 Å². The number of aromatic nitrogens is 3. The summed E-state index contributed by atoms with van der Waals surface area (Å²) >= 11 is 0. The molecule has 0 amide bonds. The maximum Gasteiger partial charge on any atom is 0.362 e. The summed E-state index contributed by atoms with van der Waals surface area (Å²) in [6.07, 6.45) is 0. The van der Waals surface area contributed by atoms with E-state index in [1.165, 1.54) is 7.05 Å². The molecule has 0 unspecified atom stereocenters. The molecule has 0 bridgehead atoms. The lowest BCUT2D eigenvalue weighted by atomic mass is 10.4. The summed E-state index contributed by atoms with van der Waals surface area (Å²) in [5, 5.41) is 20.2. The lowest BCUT2D eigenvalue weighted by Crippen LogP contribution is -2.43. The zero-order chi connectivity index (χ0) is 11.6. The molecule has 1 rings (SSSR count). The summed E-state index contributed by atoms with van der Waals surface area (Å²) in [6.45, 7) is -0.506. The highest BCUT2D eigenvalue weighted by Gasteiger charge is 2.16. The third-order valence-corrected chi connectivity index (χ3v) is 1.64. The number of rotatable bonds is 2. The van der Waals surface area contributed by atoms with Gasteiger partial charge in [0.1, 0.15) is 6.54 Å². The molecule has 8 nitrogen and oxygen atoms in total. The standard InChI is InChI=1S/C7H6N4O4/c1-10-7(15)11(3-2-8)5(12)4(9-10)6(13)14/h3H2,1H3,(H,13,14). The van der Waals surface area contributed by atoms with Crippen LogP contribution in [0.3, 0.4) is 0 Å². The highest BCUT2D eigenvalue weighted by atomic mass is 16.4. The Morgan fingerprint density at radius 3 is 2.67 bits per heavy atom. The molecular weight excluding hydrogens is 204 g/mol. The molecule has 0 saturated heterocycles. The highest BCUT2D eigenvalue weighted by molar-refractivity contribution is 5.84. The van der Waals surface area contributed by atoms with Crippen molar-refractivity contribution < 1.29 is 9.90 Å². The number of carboxylic acid groups (broad SMARTS) is 1. The third-order valence-electron chi connectivity index (χ3n) is 1.64. The maximum absolute atomic E-state index is 11.3. The third kappa shape index (κ3) is 1.76. The van der Waals surface area contributed by atoms with Gasteiger partial charge in [0, 0.05) is 7.05 Å². The molecule has 0 radical (unpaired) electrons. The van der Waals surface area contributed by atoms with Gasteiger partial charge in [-0.2, -0.15) is 10.4 Å². The fraction of sp³-hybridized carbons (Fsp3) is 0.286. The van der Waals surface area contributed by atoms with Crippen molar-refractivity contribution in [2.24, 2.45) is 7.05 Å². The SMILES string of the molecule is Cn1nc(C(=O)O)c(=O)n(CC#N)c1=O. The van der Waals surface area contributed by atoms with E-state index in [4.69, 9.17) is 10.4 Å². The van der Waals surface area contributed by atoms with Crippen molar-refractivity contribution in [2.75, 3.05) is 0 Å². The Kier molecular flexibility index (Phi) is 2.66. The van der Waals surface area contributed by atoms with Gasteiger partial charge in [-0.1, -0.05) is 0 Å². The van der Waals surface area contributed by atoms with Crippen LogP contribution in [0.15, 0.2) is 9.59 Å². The van der Waals surface area contributed by atoms with E-state index < -0.39 is 29.5 Å². The molecule has 0 aromatic carbocycles. The Morgan fingerprint density at radius 2 is 2.20 bits per heavy atom. The molecule has 15 heavy (non-hydrogen) atoms. The summed E-state index contributed by atoms with van der Waals surface area (Å²) < 4.78 is 1.21. The summed E-state index contributed by atoms with van der Waals surface area (Å²) in [6, 6.07) is 1.59. The minimum absolute atomic E-state index is 0.506. The van der Waals surface area contributed by atoms with Crippen LogP contribution in [0.2, 0.25) is 0 Å². The van der Waals surface area contributed by atoms with Gasteiger partial charge < -0.3 is 5.11 Å². The zero-order valence-corrected chi connectivity index (χ0v) is 7.67. The number of carboxylic acids is 1. The van der Waals surface area contributed by atoms with Crippen LogP contribution in [0.1, 0.15) is 10.5 Å². The lowest BCUT2D eigenvalue weighted by Gasteiger charge is -2.02. The summed E-state index contributed by atoms with van der Waals surface area (Å²) in [5.41, 5.74) is -2.69. The molecular formula is C7H6N4O4. The predicted molar refractivity (Wildman–Crippen MR) is 46.3 cm³/mol. The number of aryl methyl sites for hydroxylation is 1. The maximum atomic E-state index is 11.3. The van der Waals surface area contributed by atoms with Gasteiger partial charge in [0.15, 0.2) is 0 Å². The molecule has 1 aromatic rings. The van der Waals surface area contributed by atoms with E-state index in [0.717, 1.165) is 0 Å². The van der Waals surface area contributed by atoms with E-state index in [0.29, 0.717) is 9.25 Å².